The lowest BCUT2D eigenvalue weighted by atomic mass is 9.97. The van der Waals surface area contributed by atoms with E-state index in [4.69, 9.17) is 28.4 Å². The van der Waals surface area contributed by atoms with Crippen LogP contribution >= 0.6 is 0 Å². The van der Waals surface area contributed by atoms with Crippen LogP contribution in [0.5, 0.6) is 46.0 Å². The molecule has 0 bridgehead atoms. The van der Waals surface area contributed by atoms with Crippen LogP contribution in [-0.4, -0.2) is 26.4 Å². The van der Waals surface area contributed by atoms with E-state index in [1.54, 1.807) is 7.11 Å². The first-order valence-corrected chi connectivity index (χ1v) is 16.4. The van der Waals surface area contributed by atoms with Crippen molar-refractivity contribution in [3.8, 4) is 57.1 Å². The zero-order valence-electron chi connectivity index (χ0n) is 26.9. The Morgan fingerprint density at radius 1 is 0.609 bits per heavy atom. The molecule has 0 radical (unpaired) electrons. The lowest BCUT2D eigenvalue weighted by Gasteiger charge is -2.29. The van der Waals surface area contributed by atoms with E-state index in [1.165, 1.54) is 6.42 Å². The molecule has 1 aliphatic rings. The van der Waals surface area contributed by atoms with Gasteiger partial charge in [0.25, 0.3) is 0 Å². The minimum atomic E-state index is 0.00726. The summed E-state index contributed by atoms with van der Waals surface area (Å²) in [5.74, 6) is 4.41. The summed E-state index contributed by atoms with van der Waals surface area (Å²) in [6.07, 6.45) is 6.16. The van der Waals surface area contributed by atoms with E-state index in [2.05, 4.69) is 25.1 Å². The number of benzene rings is 5. The van der Waals surface area contributed by atoms with Crippen molar-refractivity contribution >= 4 is 10.8 Å². The molecule has 0 atom stereocenters. The highest BCUT2D eigenvalue weighted by Crippen LogP contribution is 2.61. The lowest BCUT2D eigenvalue weighted by Crippen LogP contribution is -2.21. The van der Waals surface area contributed by atoms with Crippen molar-refractivity contribution < 1.29 is 28.4 Å². The summed E-state index contributed by atoms with van der Waals surface area (Å²) in [6.45, 7) is 4.93. The minimum Gasteiger partial charge on any atom is -0.496 e. The van der Waals surface area contributed by atoms with Crippen LogP contribution in [0, 0.1) is 0 Å². The van der Waals surface area contributed by atoms with Gasteiger partial charge in [-0.2, -0.15) is 0 Å². The zero-order valence-corrected chi connectivity index (χ0v) is 26.9. The highest BCUT2D eigenvalue weighted by molar-refractivity contribution is 5.92. The fourth-order valence-corrected chi connectivity index (χ4v) is 6.00. The smallest absolute Gasteiger partial charge is 0.216 e. The van der Waals surface area contributed by atoms with Gasteiger partial charge in [-0.15, -0.1) is 0 Å². The van der Waals surface area contributed by atoms with E-state index in [0.29, 0.717) is 64.8 Å². The Kier molecular flexibility index (Phi) is 10.1. The number of rotatable bonds is 13. The second-order valence-electron chi connectivity index (χ2n) is 11.4. The van der Waals surface area contributed by atoms with E-state index >= 15 is 0 Å². The molecule has 46 heavy (non-hydrogen) atoms. The van der Waals surface area contributed by atoms with Gasteiger partial charge in [0.2, 0.25) is 17.2 Å². The van der Waals surface area contributed by atoms with Crippen LogP contribution in [0.15, 0.2) is 97.1 Å². The predicted molar refractivity (Wildman–Crippen MR) is 183 cm³/mol. The highest BCUT2D eigenvalue weighted by atomic mass is 16.6. The molecule has 5 aromatic rings. The molecule has 0 heterocycles. The Bertz CT molecular complexity index is 1740. The van der Waals surface area contributed by atoms with E-state index in [-0.39, 0.29) is 6.10 Å². The molecule has 1 aliphatic carbocycles. The molecular weight excluding hydrogens is 576 g/mol. The number of ether oxygens (including phenoxy) is 6. The molecule has 1 fully saturated rings. The van der Waals surface area contributed by atoms with Crippen molar-refractivity contribution in [1.82, 2.24) is 0 Å². The Hall–Kier alpha value is -4.84. The molecule has 0 spiro atoms. The predicted octanol–water partition coefficient (Wildman–Crippen LogP) is 11.0. The summed E-state index contributed by atoms with van der Waals surface area (Å²) in [7, 11) is 1.67. The molecule has 6 heteroatoms. The Morgan fingerprint density at radius 3 is 2.11 bits per heavy atom. The van der Waals surface area contributed by atoms with Gasteiger partial charge in [0.05, 0.1) is 32.0 Å². The topological polar surface area (TPSA) is 55.4 Å². The van der Waals surface area contributed by atoms with Gasteiger partial charge in [0.15, 0.2) is 11.5 Å². The fourth-order valence-electron chi connectivity index (χ4n) is 6.00. The van der Waals surface area contributed by atoms with Gasteiger partial charge in [-0.25, -0.2) is 0 Å². The molecule has 0 aliphatic heterocycles. The molecule has 1 saturated carbocycles. The second-order valence-corrected chi connectivity index (χ2v) is 11.4. The highest BCUT2D eigenvalue weighted by Gasteiger charge is 2.35. The summed E-state index contributed by atoms with van der Waals surface area (Å²) in [5, 5.41) is 2.04. The standard InChI is InChI=1S/C40H42O6/c1-4-27-43-38-36(42-5-2)35(32-24-14-15-25-33(32)41-3)37(46-34-26-16-18-28-17-12-13-23-31(28)34)39(44-29-19-8-6-9-20-29)40(38)45-30-21-10-7-11-22-30/h6,8-9,12-20,23-26,30H,4-5,7,10-11,21-22,27H2,1-3H3. The SMILES string of the molecule is CCCOc1c(OC2CCCCC2)c(Oc2ccccc2)c(Oc2cccc3ccccc23)c(-c2ccccc2OC)c1OCC. The number of hydrogen-bond acceptors (Lipinski definition) is 6. The maximum absolute atomic E-state index is 7.06. The van der Waals surface area contributed by atoms with Crippen LogP contribution < -0.4 is 28.4 Å². The van der Waals surface area contributed by atoms with Crippen molar-refractivity contribution in [3.63, 3.8) is 0 Å². The average molecular weight is 619 g/mol. The van der Waals surface area contributed by atoms with Gasteiger partial charge in [-0.3, -0.25) is 0 Å². The molecule has 5 aromatic carbocycles. The van der Waals surface area contributed by atoms with Crippen LogP contribution in [0.25, 0.3) is 21.9 Å². The fraction of sp³-hybridized carbons (Fsp3) is 0.300. The van der Waals surface area contributed by atoms with Gasteiger partial charge in [0.1, 0.15) is 17.2 Å². The van der Waals surface area contributed by atoms with Gasteiger partial charge >= 0.3 is 0 Å². The third kappa shape index (κ3) is 6.71. The zero-order chi connectivity index (χ0) is 31.7. The van der Waals surface area contributed by atoms with Crippen molar-refractivity contribution in [2.24, 2.45) is 0 Å². The molecule has 0 unspecified atom stereocenters. The first kappa shape index (κ1) is 31.2. The first-order valence-electron chi connectivity index (χ1n) is 16.4. The molecule has 6 rings (SSSR count). The van der Waals surface area contributed by atoms with Gasteiger partial charge < -0.3 is 28.4 Å². The summed E-state index contributed by atoms with van der Waals surface area (Å²) >= 11 is 0. The lowest BCUT2D eigenvalue weighted by molar-refractivity contribution is 0.140. The van der Waals surface area contributed by atoms with Crippen LogP contribution in [-0.2, 0) is 0 Å². The molecule has 238 valence electrons. The van der Waals surface area contributed by atoms with Gasteiger partial charge in [-0.1, -0.05) is 86.1 Å². The number of para-hydroxylation sites is 2. The van der Waals surface area contributed by atoms with Crippen molar-refractivity contribution in [1.29, 1.82) is 0 Å². The van der Waals surface area contributed by atoms with E-state index in [0.717, 1.165) is 48.4 Å². The molecular formula is C40H42O6. The number of hydrogen-bond donors (Lipinski definition) is 0. The van der Waals surface area contributed by atoms with Crippen molar-refractivity contribution in [2.75, 3.05) is 20.3 Å². The van der Waals surface area contributed by atoms with Crippen LogP contribution in [0.1, 0.15) is 52.4 Å². The van der Waals surface area contributed by atoms with E-state index in [1.807, 2.05) is 85.8 Å². The molecule has 6 nitrogen and oxygen atoms in total. The summed E-state index contributed by atoms with van der Waals surface area (Å²) < 4.78 is 39.8. The molecule has 0 N–H and O–H groups in total. The first-order chi connectivity index (χ1) is 22.7. The average Bonchev–Trinajstić information content (AvgIpc) is 3.11. The van der Waals surface area contributed by atoms with Gasteiger partial charge in [-0.05, 0) is 68.7 Å². The third-order valence-corrected chi connectivity index (χ3v) is 8.16. The molecule has 0 saturated heterocycles. The van der Waals surface area contributed by atoms with Crippen LogP contribution in [0.2, 0.25) is 0 Å². The third-order valence-electron chi connectivity index (χ3n) is 8.16. The quantitative estimate of drug-likeness (QED) is 0.131. The monoisotopic (exact) mass is 618 g/mol. The Balaban J connectivity index is 1.70. The van der Waals surface area contributed by atoms with Crippen molar-refractivity contribution in [2.45, 2.75) is 58.5 Å². The summed E-state index contributed by atoms with van der Waals surface area (Å²) in [5.41, 5.74) is 1.45. The normalized spacial score (nSPS) is 13.3. The van der Waals surface area contributed by atoms with Crippen LogP contribution in [0.4, 0.5) is 0 Å². The van der Waals surface area contributed by atoms with Gasteiger partial charge in [0, 0.05) is 10.9 Å². The maximum atomic E-state index is 7.06. The maximum Gasteiger partial charge on any atom is 0.216 e. The largest absolute Gasteiger partial charge is 0.496 e. The Morgan fingerprint density at radius 2 is 1.33 bits per heavy atom. The molecule has 0 aromatic heterocycles. The minimum absolute atomic E-state index is 0.00726. The second kappa shape index (κ2) is 15.0. The molecule has 0 amide bonds. The summed E-state index contributed by atoms with van der Waals surface area (Å²) in [4.78, 5) is 0. The summed E-state index contributed by atoms with van der Waals surface area (Å²) in [6, 6.07) is 31.8. The van der Waals surface area contributed by atoms with E-state index in [9.17, 15) is 0 Å². The number of fused-ring (bicyclic) bond motifs is 1. The van der Waals surface area contributed by atoms with E-state index < -0.39 is 0 Å². The van der Waals surface area contributed by atoms with Crippen molar-refractivity contribution in [3.05, 3.63) is 97.1 Å². The Labute approximate surface area is 271 Å². The number of methoxy groups -OCH3 is 1. The van der Waals surface area contributed by atoms with Crippen LogP contribution in [0.3, 0.4) is 0 Å².